The molecule has 0 aliphatic carbocycles. The Labute approximate surface area is 349 Å². The predicted octanol–water partition coefficient (Wildman–Crippen LogP) is 10.5. The molecule has 0 aliphatic rings. The maximum atomic E-state index is 13.2. The summed E-state index contributed by atoms with van der Waals surface area (Å²) in [6, 6.07) is 30.7. The molecule has 11 nitrogen and oxygen atoms in total. The zero-order valence-corrected chi connectivity index (χ0v) is 34.5. The maximum absolute atomic E-state index is 13.2. The largest absolute Gasteiger partial charge is 0.494 e. The minimum Gasteiger partial charge on any atom is -0.494 e. The Morgan fingerprint density at radius 2 is 0.983 bits per heavy atom. The highest BCUT2D eigenvalue weighted by Crippen LogP contribution is 2.42. The highest BCUT2D eigenvalue weighted by Gasteiger charge is 2.19. The van der Waals surface area contributed by atoms with Gasteiger partial charge in [0.05, 0.1) is 39.8 Å². The van der Waals surface area contributed by atoms with Crippen LogP contribution in [0.15, 0.2) is 109 Å². The third-order valence-corrected chi connectivity index (χ3v) is 11.4. The molecule has 58 heavy (non-hydrogen) atoms. The molecular weight excluding hydrogens is 801 g/mol. The van der Waals surface area contributed by atoms with Gasteiger partial charge in [0.15, 0.2) is 0 Å². The number of ether oxygens (including phenoxy) is 8. The second-order valence-electron chi connectivity index (χ2n) is 13.1. The minimum atomic E-state index is -0.576. The molecule has 1 aromatic heterocycles. The van der Waals surface area contributed by atoms with E-state index < -0.39 is 11.9 Å². The van der Waals surface area contributed by atoms with E-state index in [1.165, 1.54) is 22.7 Å². The van der Waals surface area contributed by atoms with Crippen molar-refractivity contribution >= 4 is 56.2 Å². The van der Waals surface area contributed by atoms with Crippen molar-refractivity contribution in [1.29, 1.82) is 0 Å². The molecule has 6 rings (SSSR count). The van der Waals surface area contributed by atoms with Crippen LogP contribution in [0.2, 0.25) is 0 Å². The van der Waals surface area contributed by atoms with Gasteiger partial charge in [0.1, 0.15) is 49.1 Å². The normalized spacial score (nSPS) is 12.0. The van der Waals surface area contributed by atoms with E-state index in [1.807, 2.05) is 38.1 Å². The fourth-order valence-corrected chi connectivity index (χ4v) is 7.76. The van der Waals surface area contributed by atoms with Crippen molar-refractivity contribution in [3.63, 3.8) is 0 Å². The molecule has 0 radical (unpaired) electrons. The highest BCUT2D eigenvalue weighted by molar-refractivity contribution is 7.77. The van der Waals surface area contributed by atoms with Gasteiger partial charge in [-0.15, -0.1) is 22.7 Å². The Hall–Kier alpha value is -5.51. The summed E-state index contributed by atoms with van der Waals surface area (Å²) in [5.41, 5.74) is 0.628. The summed E-state index contributed by atoms with van der Waals surface area (Å²) in [6.07, 6.45) is 1.68. The van der Waals surface area contributed by atoms with Crippen molar-refractivity contribution in [3.05, 3.63) is 123 Å². The predicted molar refractivity (Wildman–Crippen MR) is 225 cm³/mol. The fraction of sp³-hybridized carbons (Fsp3) is 0.250. The van der Waals surface area contributed by atoms with Gasteiger partial charge in [-0.05, 0) is 128 Å². The molecule has 0 saturated heterocycles. The van der Waals surface area contributed by atoms with E-state index >= 15 is 0 Å². The molecule has 0 fully saturated rings. The van der Waals surface area contributed by atoms with Gasteiger partial charge in [-0.25, -0.2) is 9.59 Å². The van der Waals surface area contributed by atoms with Crippen LogP contribution in [-0.2, 0) is 4.74 Å². The highest BCUT2D eigenvalue weighted by atomic mass is 32.2. The molecule has 0 bridgehead atoms. The smallest absolute Gasteiger partial charge is 0.343 e. The lowest BCUT2D eigenvalue weighted by molar-refractivity contribution is 0.0723. The Bertz CT molecular complexity index is 2300. The number of carbonyl (C=O) groups excluding carboxylic acids is 2. The van der Waals surface area contributed by atoms with Crippen LogP contribution in [0.1, 0.15) is 47.4 Å². The van der Waals surface area contributed by atoms with Gasteiger partial charge in [-0.3, -0.25) is 0 Å². The molecule has 14 heteroatoms. The second kappa shape index (κ2) is 20.8. The molecule has 0 saturated carbocycles. The maximum Gasteiger partial charge on any atom is 0.343 e. The van der Waals surface area contributed by atoms with E-state index in [4.69, 9.17) is 55.2 Å². The van der Waals surface area contributed by atoms with E-state index in [0.29, 0.717) is 77.1 Å². The quantitative estimate of drug-likeness (QED) is 0.0340. The summed E-state index contributed by atoms with van der Waals surface area (Å²) in [4.78, 5) is 26.3. The molecule has 5 aromatic carbocycles. The lowest BCUT2D eigenvalue weighted by Crippen LogP contribution is -2.10. The average Bonchev–Trinajstić information content (AvgIpc) is 3.65. The zero-order chi connectivity index (χ0) is 40.9. The number of carbonyl (C=O) groups is 2. The van der Waals surface area contributed by atoms with Crippen molar-refractivity contribution in [2.45, 2.75) is 32.8 Å². The Morgan fingerprint density at radius 3 is 1.43 bits per heavy atom. The molecule has 302 valence electrons. The number of rotatable bonds is 20. The van der Waals surface area contributed by atoms with E-state index in [-0.39, 0.29) is 25.4 Å². The Kier molecular flexibility index (Phi) is 15.1. The van der Waals surface area contributed by atoms with E-state index in [2.05, 4.69) is 0 Å². The Balaban J connectivity index is 0.990. The third-order valence-electron chi connectivity index (χ3n) is 8.72. The summed E-state index contributed by atoms with van der Waals surface area (Å²) in [6.45, 7) is 5.12. The van der Waals surface area contributed by atoms with Crippen LogP contribution in [-0.4, -0.2) is 56.9 Å². The van der Waals surface area contributed by atoms with Crippen LogP contribution in [0.4, 0.5) is 0 Å². The fourth-order valence-electron chi connectivity index (χ4n) is 5.20. The molecule has 0 amide bonds. The van der Waals surface area contributed by atoms with Crippen molar-refractivity contribution in [2.24, 2.45) is 5.92 Å². The van der Waals surface area contributed by atoms with Crippen molar-refractivity contribution in [1.82, 2.24) is 0 Å². The number of methoxy groups -OCH3 is 1. The summed E-state index contributed by atoms with van der Waals surface area (Å²) in [5, 5.41) is 9.16. The summed E-state index contributed by atoms with van der Waals surface area (Å²) in [5.74, 6) is 3.34. The number of esters is 2. The van der Waals surface area contributed by atoms with Gasteiger partial charge in [0.25, 0.3) is 0 Å². The van der Waals surface area contributed by atoms with Crippen LogP contribution in [0.5, 0.6) is 46.0 Å². The molecule has 2 atom stereocenters. The number of aliphatic hydroxyl groups excluding tert-OH is 1. The molecule has 1 N–H and O–H groups in total. The Morgan fingerprint density at radius 1 is 0.586 bits per heavy atom. The van der Waals surface area contributed by atoms with Crippen LogP contribution < -0.4 is 33.2 Å². The van der Waals surface area contributed by atoms with Gasteiger partial charge in [0, 0.05) is 20.1 Å². The van der Waals surface area contributed by atoms with Crippen molar-refractivity contribution in [3.8, 4) is 46.0 Å². The molecule has 1 heterocycles. The van der Waals surface area contributed by atoms with Crippen LogP contribution in [0.3, 0.4) is 0 Å². The lowest BCUT2D eigenvalue weighted by atomic mass is 10.1. The zero-order valence-electron chi connectivity index (χ0n) is 32.0. The monoisotopic (exact) mass is 842 g/mol. The van der Waals surface area contributed by atoms with E-state index in [9.17, 15) is 9.59 Å². The van der Waals surface area contributed by atoms with E-state index in [0.717, 1.165) is 18.6 Å². The average molecular weight is 843 g/mol. The van der Waals surface area contributed by atoms with Gasteiger partial charge in [0.2, 0.25) is 6.79 Å². The van der Waals surface area contributed by atoms with Crippen molar-refractivity contribution in [2.75, 3.05) is 33.7 Å². The lowest BCUT2D eigenvalue weighted by Gasteiger charge is -2.12. The number of hydrogen-bond donors (Lipinski definition) is 1. The second-order valence-corrected chi connectivity index (χ2v) is 16.3. The molecule has 6 aromatic rings. The van der Waals surface area contributed by atoms with Crippen LogP contribution in [0.25, 0.3) is 9.40 Å². The third kappa shape index (κ3) is 12.0. The first-order valence-electron chi connectivity index (χ1n) is 18.4. The number of aliphatic hydroxyl groups is 1. The summed E-state index contributed by atoms with van der Waals surface area (Å²) in [7, 11) is 1.68. The van der Waals surface area contributed by atoms with Crippen molar-refractivity contribution < 1.29 is 52.6 Å². The topological polar surface area (TPSA) is 128 Å². The van der Waals surface area contributed by atoms with Gasteiger partial charge >= 0.3 is 11.9 Å². The van der Waals surface area contributed by atoms with Crippen LogP contribution in [0, 0.1) is 9.06 Å². The van der Waals surface area contributed by atoms with Gasteiger partial charge in [-0.2, -0.15) is 0 Å². The van der Waals surface area contributed by atoms with E-state index in [1.54, 1.807) is 92.0 Å². The minimum absolute atomic E-state index is 0.0352. The number of hydrogen-bond acceptors (Lipinski definition) is 14. The molecule has 2 unspecified atom stereocenters. The first-order valence-corrected chi connectivity index (χ1v) is 20.5. The SMILES string of the molecule is COC(C)CCOc1ccc(OCOc2ccc(C(=O)Oc3ccc(OC(=O)c4ccc(Oc5ccc(OCCC(C)CO)cc5)cc4)c4sc(=S)sc34)cc2)cc1. The molecule has 0 aliphatic heterocycles. The summed E-state index contributed by atoms with van der Waals surface area (Å²) >= 11 is 7.99. The number of fused-ring (bicyclic) bond motifs is 1. The van der Waals surface area contributed by atoms with Gasteiger partial charge < -0.3 is 43.0 Å². The first kappa shape index (κ1) is 42.1. The van der Waals surface area contributed by atoms with Crippen LogP contribution >= 0.6 is 34.9 Å². The molecule has 0 spiro atoms. The standard InChI is InChI=1S/C44H42O11S3/c1-28(26-45)22-24-49-33-16-18-37(19-17-33)53-36-10-6-31(7-11-36)43(47)55-39-21-20-38(40-41(39)58-44(56)57-40)54-42(46)30-4-8-34(9-5-30)51-27-52-35-14-12-32(13-15-35)50-25-23-29(2)48-3/h4-21,28-29,45H,22-27H2,1-3H3. The first-order chi connectivity index (χ1) is 28.2. The summed E-state index contributed by atoms with van der Waals surface area (Å²) < 4.78 is 47.3. The number of benzene rings is 5. The van der Waals surface area contributed by atoms with Gasteiger partial charge in [-0.1, -0.05) is 19.1 Å². The molecular formula is C44H42O11S3.